The second-order valence-corrected chi connectivity index (χ2v) is 15.0. The van der Waals surface area contributed by atoms with Crippen LogP contribution >= 0.6 is 0 Å². The van der Waals surface area contributed by atoms with Crippen molar-refractivity contribution >= 4 is 11.8 Å². The molecular weight excluding hydrogens is 666 g/mol. The highest BCUT2D eigenvalue weighted by atomic mass is 16.7. The van der Waals surface area contributed by atoms with Gasteiger partial charge < -0.3 is 58.1 Å². The monoisotopic (exact) mass is 727 g/mol. The van der Waals surface area contributed by atoms with Crippen molar-refractivity contribution in [2.24, 2.45) is 17.8 Å². The maximum atomic E-state index is 13.4. The zero-order chi connectivity index (χ0) is 37.8. The number of rotatable bonds is 9. The predicted octanol–water partition coefficient (Wildman–Crippen LogP) is 1.76. The smallest absolute Gasteiger partial charge is 0.330 e. The molecule has 0 aliphatic carbocycles. The second kappa shape index (κ2) is 18.0. The van der Waals surface area contributed by atoms with Gasteiger partial charge in [-0.05, 0) is 65.3 Å². The van der Waals surface area contributed by atoms with Crippen molar-refractivity contribution in [1.82, 2.24) is 4.90 Å². The minimum absolute atomic E-state index is 0.115. The molecule has 4 heterocycles. The summed E-state index contributed by atoms with van der Waals surface area (Å²) in [7, 11) is 6.70. The van der Waals surface area contributed by atoms with Crippen LogP contribution in [0.15, 0.2) is 24.3 Å². The van der Waals surface area contributed by atoms with E-state index in [9.17, 15) is 24.9 Å². The summed E-state index contributed by atoms with van der Waals surface area (Å²) < 4.78 is 47.4. The molecule has 3 saturated heterocycles. The number of nitrogens with zero attached hydrogens (tertiary/aromatic N) is 1. The van der Waals surface area contributed by atoms with Crippen LogP contribution in [0.4, 0.5) is 0 Å². The topological polar surface area (TPSA) is 175 Å². The van der Waals surface area contributed by atoms with Crippen LogP contribution in [0.1, 0.15) is 60.8 Å². The minimum Gasteiger partial charge on any atom is -0.456 e. The van der Waals surface area contributed by atoms with Crippen LogP contribution in [0.3, 0.4) is 0 Å². The molecule has 0 spiro atoms. The second-order valence-electron chi connectivity index (χ2n) is 15.0. The van der Waals surface area contributed by atoms with Gasteiger partial charge in [-0.2, -0.15) is 0 Å². The highest BCUT2D eigenvalue weighted by molar-refractivity contribution is 5.91. The molecule has 0 aromatic rings. The quantitative estimate of drug-likeness (QED) is 0.232. The maximum Gasteiger partial charge on any atom is 0.330 e. The average molecular weight is 728 g/mol. The number of cyclic esters (lactones) is 1. The molecule has 0 aromatic heterocycles. The Morgan fingerprint density at radius 3 is 2.20 bits per heavy atom. The molecule has 0 radical (unpaired) electrons. The number of likely N-dealkylation sites (N-methyl/N-ethyl adjacent to an activating group) is 1. The largest absolute Gasteiger partial charge is 0.456 e. The van der Waals surface area contributed by atoms with Gasteiger partial charge >= 0.3 is 5.97 Å². The Morgan fingerprint density at radius 1 is 0.882 bits per heavy atom. The Bertz CT molecular complexity index is 1210. The fraction of sp³-hybridized carbons (Fsp3) is 0.838. The highest BCUT2D eigenvalue weighted by Gasteiger charge is 2.59. The van der Waals surface area contributed by atoms with E-state index < -0.39 is 79.1 Å². The fourth-order valence-electron chi connectivity index (χ4n) is 7.69. The molecule has 3 fully saturated rings. The first-order valence-electron chi connectivity index (χ1n) is 18.2. The lowest BCUT2D eigenvalue weighted by Crippen LogP contribution is -2.60. The summed E-state index contributed by atoms with van der Waals surface area (Å²) in [6, 6.07) is -0.171. The van der Waals surface area contributed by atoms with Gasteiger partial charge in [0.15, 0.2) is 24.0 Å². The van der Waals surface area contributed by atoms with E-state index in [4.69, 9.17) is 37.9 Å². The van der Waals surface area contributed by atoms with Gasteiger partial charge in [0.1, 0.15) is 42.7 Å². The van der Waals surface area contributed by atoms with Gasteiger partial charge in [0.25, 0.3) is 0 Å². The first-order chi connectivity index (χ1) is 24.1. The molecule has 51 heavy (non-hydrogen) atoms. The van der Waals surface area contributed by atoms with Gasteiger partial charge in [-0.1, -0.05) is 33.8 Å². The number of hydrogen-bond donors (Lipinski definition) is 3. The lowest BCUT2D eigenvalue weighted by atomic mass is 9.84. The Hall–Kier alpha value is -1.82. The number of allylic oxidation sites excluding steroid dienone is 1. The molecule has 0 aromatic carbocycles. The highest BCUT2D eigenvalue weighted by Crippen LogP contribution is 2.40. The third-order valence-corrected chi connectivity index (χ3v) is 10.8. The predicted molar refractivity (Wildman–Crippen MR) is 184 cm³/mol. The number of methoxy groups -OCH3 is 2. The fourth-order valence-corrected chi connectivity index (χ4v) is 7.69. The van der Waals surface area contributed by atoms with Gasteiger partial charge in [0.2, 0.25) is 0 Å². The SMILES string of the molecule is CCC1OC(=O)/C=C/[C@H](C)C(O[C@@H]2O[C@H](C)C[C@H](N(C)C)[C@H]2O)[C@@H](C)C[C@@H](C)C(=O)/C=C/[C@H]2O[C@H]2[C@]1(O)CO[C@@H]1O[C@H](C)[C@@H](O)[C@@H](OC)[C@H]1OC. The number of epoxide rings is 1. The van der Waals surface area contributed by atoms with Crippen molar-refractivity contribution in [3.63, 3.8) is 0 Å². The Labute approximate surface area is 302 Å². The molecule has 4 aliphatic heterocycles. The molecule has 4 aliphatic rings. The summed E-state index contributed by atoms with van der Waals surface area (Å²) in [4.78, 5) is 28.7. The van der Waals surface area contributed by atoms with E-state index in [1.807, 2.05) is 46.7 Å². The summed E-state index contributed by atoms with van der Waals surface area (Å²) in [5, 5.41) is 34.0. The third-order valence-electron chi connectivity index (χ3n) is 10.8. The first kappa shape index (κ1) is 41.9. The lowest BCUT2D eigenvalue weighted by molar-refractivity contribution is -0.313. The zero-order valence-electron chi connectivity index (χ0n) is 31.7. The number of carbonyl (C=O) groups is 2. The Morgan fingerprint density at radius 2 is 1.57 bits per heavy atom. The van der Waals surface area contributed by atoms with Crippen molar-refractivity contribution in [1.29, 1.82) is 0 Å². The van der Waals surface area contributed by atoms with Crippen LogP contribution in [-0.2, 0) is 47.5 Å². The molecule has 0 saturated carbocycles. The van der Waals surface area contributed by atoms with Crippen molar-refractivity contribution < 1.29 is 62.8 Å². The summed E-state index contributed by atoms with van der Waals surface area (Å²) >= 11 is 0. The molecule has 292 valence electrons. The van der Waals surface area contributed by atoms with Crippen LogP contribution in [0, 0.1) is 17.8 Å². The van der Waals surface area contributed by atoms with Gasteiger partial charge in [0, 0.05) is 38.2 Å². The van der Waals surface area contributed by atoms with Crippen LogP contribution in [0.5, 0.6) is 0 Å². The van der Waals surface area contributed by atoms with Crippen LogP contribution in [-0.4, -0.2) is 152 Å². The average Bonchev–Trinajstić information content (AvgIpc) is 3.88. The van der Waals surface area contributed by atoms with Gasteiger partial charge in [-0.15, -0.1) is 0 Å². The van der Waals surface area contributed by atoms with Crippen molar-refractivity contribution in [3.05, 3.63) is 24.3 Å². The number of esters is 1. The van der Waals surface area contributed by atoms with E-state index in [1.54, 1.807) is 26.0 Å². The minimum atomic E-state index is -1.86. The van der Waals surface area contributed by atoms with E-state index in [1.165, 1.54) is 26.4 Å². The maximum absolute atomic E-state index is 13.4. The number of aliphatic hydroxyl groups is 3. The summed E-state index contributed by atoms with van der Waals surface area (Å²) in [6.45, 7) is 10.7. The standard InChI is InChI=1S/C37H61NO13/c1-11-27-37(43,18-46-36-33(45-10)32(44-9)29(41)23(6)48-36)34-26(49-34)14-13-25(39)20(3)16-21(4)31(19(2)12-15-28(40)50-27)51-35-30(42)24(38(7)8)17-22(5)47-35/h12-15,19-24,26-27,29-36,41-43H,11,16-18H2,1-10H3/b14-13+,15-12+/t19-,20+,21-,22+,23+,24-,26+,27?,29+,30+,31?,32+,33+,34+,35-,36+,37-/m0/s1. The normalized spacial score (nSPS) is 47.0. The number of fused-ring (bicyclic) bond motifs is 1. The van der Waals surface area contributed by atoms with Crippen molar-refractivity contribution in [2.45, 2.75) is 146 Å². The first-order valence-corrected chi connectivity index (χ1v) is 18.2. The summed E-state index contributed by atoms with van der Waals surface area (Å²) in [5.41, 5.74) is -1.86. The van der Waals surface area contributed by atoms with Gasteiger partial charge in [-0.3, -0.25) is 4.79 Å². The number of ether oxygens (including phenoxy) is 8. The molecule has 4 rings (SSSR count). The molecule has 14 heteroatoms. The van der Waals surface area contributed by atoms with Crippen LogP contribution in [0.25, 0.3) is 0 Å². The molecule has 14 nitrogen and oxygen atoms in total. The Kier molecular flexibility index (Phi) is 14.8. The summed E-state index contributed by atoms with van der Waals surface area (Å²) in [6.07, 6.45) is -1.95. The molecule has 0 bridgehead atoms. The number of aliphatic hydroxyl groups excluding tert-OH is 2. The molecule has 3 N–H and O–H groups in total. The number of carbonyl (C=O) groups excluding carboxylic acids is 2. The van der Waals surface area contributed by atoms with Crippen molar-refractivity contribution in [3.8, 4) is 0 Å². The lowest BCUT2D eigenvalue weighted by Gasteiger charge is -2.43. The summed E-state index contributed by atoms with van der Waals surface area (Å²) in [5.74, 6) is -1.71. The van der Waals surface area contributed by atoms with E-state index in [-0.39, 0.29) is 48.7 Å². The van der Waals surface area contributed by atoms with E-state index in [2.05, 4.69) is 0 Å². The van der Waals surface area contributed by atoms with Crippen LogP contribution in [0.2, 0.25) is 0 Å². The van der Waals surface area contributed by atoms with E-state index >= 15 is 0 Å². The van der Waals surface area contributed by atoms with Crippen LogP contribution < -0.4 is 0 Å². The molecule has 0 amide bonds. The number of hydrogen-bond acceptors (Lipinski definition) is 14. The number of ketones is 1. The van der Waals surface area contributed by atoms with E-state index in [0.29, 0.717) is 12.8 Å². The van der Waals surface area contributed by atoms with Gasteiger partial charge in [0.05, 0.1) is 24.9 Å². The van der Waals surface area contributed by atoms with Crippen molar-refractivity contribution in [2.75, 3.05) is 34.9 Å². The third kappa shape index (κ3) is 9.84. The molecular formula is C37H61NO13. The van der Waals surface area contributed by atoms with Gasteiger partial charge in [-0.25, -0.2) is 4.79 Å². The molecule has 17 atom stereocenters. The Balaban J connectivity index is 1.59. The molecule has 2 unspecified atom stereocenters. The zero-order valence-corrected chi connectivity index (χ0v) is 31.7. The van der Waals surface area contributed by atoms with E-state index in [0.717, 1.165) is 0 Å².